The van der Waals surface area contributed by atoms with E-state index in [4.69, 9.17) is 4.74 Å². The van der Waals surface area contributed by atoms with Gasteiger partial charge in [-0.1, -0.05) is 0 Å². The van der Waals surface area contributed by atoms with Crippen molar-refractivity contribution in [2.75, 3.05) is 33.8 Å². The maximum absolute atomic E-state index is 11.8. The van der Waals surface area contributed by atoms with Crippen molar-refractivity contribution in [2.24, 2.45) is 5.92 Å². The van der Waals surface area contributed by atoms with Crippen LogP contribution in [0.15, 0.2) is 18.3 Å². The summed E-state index contributed by atoms with van der Waals surface area (Å²) in [6.07, 6.45) is 3.91. The quantitative estimate of drug-likeness (QED) is 0.885. The van der Waals surface area contributed by atoms with Crippen molar-refractivity contribution in [1.29, 1.82) is 0 Å². The number of carbonyl (C=O) groups excluding carboxylic acids is 1. The molecule has 5 heteroatoms. The van der Waals surface area contributed by atoms with Gasteiger partial charge in [-0.15, -0.1) is 0 Å². The Balaban J connectivity index is 1.93. The second kappa shape index (κ2) is 6.52. The van der Waals surface area contributed by atoms with Gasteiger partial charge in [0.1, 0.15) is 11.4 Å². The number of hydrogen-bond donors (Lipinski definition) is 1. The average molecular weight is 263 g/mol. The highest BCUT2D eigenvalue weighted by Crippen LogP contribution is 2.16. The summed E-state index contributed by atoms with van der Waals surface area (Å²) in [5.41, 5.74) is 0.424. The van der Waals surface area contributed by atoms with Crippen molar-refractivity contribution in [3.05, 3.63) is 24.0 Å². The van der Waals surface area contributed by atoms with E-state index in [2.05, 4.69) is 10.3 Å². The zero-order valence-electron chi connectivity index (χ0n) is 11.6. The van der Waals surface area contributed by atoms with E-state index in [-0.39, 0.29) is 5.91 Å². The number of hydrogen-bond acceptors (Lipinski definition) is 4. The van der Waals surface area contributed by atoms with Crippen LogP contribution in [0.25, 0.3) is 0 Å². The maximum atomic E-state index is 11.8. The first kappa shape index (κ1) is 13.8. The highest BCUT2D eigenvalue weighted by atomic mass is 16.5. The van der Waals surface area contributed by atoms with Crippen molar-refractivity contribution in [3.63, 3.8) is 0 Å². The van der Waals surface area contributed by atoms with Gasteiger partial charge in [0.2, 0.25) is 0 Å². The van der Waals surface area contributed by atoms with E-state index in [1.165, 1.54) is 4.90 Å². The molecule has 0 bridgehead atoms. The average Bonchev–Trinajstić information content (AvgIpc) is 2.45. The fourth-order valence-corrected chi connectivity index (χ4v) is 2.11. The molecule has 1 aromatic rings. The van der Waals surface area contributed by atoms with E-state index in [0.29, 0.717) is 18.2 Å². The maximum Gasteiger partial charge on any atom is 0.272 e. The third kappa shape index (κ3) is 3.92. The summed E-state index contributed by atoms with van der Waals surface area (Å²) in [7, 11) is 3.43. The minimum Gasteiger partial charge on any atom is -0.493 e. The van der Waals surface area contributed by atoms with E-state index in [1.54, 1.807) is 32.4 Å². The van der Waals surface area contributed by atoms with Gasteiger partial charge in [0.05, 0.1) is 6.61 Å². The molecule has 1 amide bonds. The van der Waals surface area contributed by atoms with Crippen molar-refractivity contribution < 1.29 is 9.53 Å². The topological polar surface area (TPSA) is 54.5 Å². The molecule has 2 heterocycles. The van der Waals surface area contributed by atoms with Crippen LogP contribution in [0.5, 0.6) is 5.75 Å². The van der Waals surface area contributed by atoms with Crippen LogP contribution in [0.2, 0.25) is 0 Å². The molecule has 1 aliphatic rings. The van der Waals surface area contributed by atoms with Crippen LogP contribution in [-0.2, 0) is 0 Å². The third-order valence-electron chi connectivity index (χ3n) is 3.30. The van der Waals surface area contributed by atoms with Crippen LogP contribution in [0.4, 0.5) is 0 Å². The molecule has 5 nitrogen and oxygen atoms in total. The minimum absolute atomic E-state index is 0.104. The van der Waals surface area contributed by atoms with Crippen molar-refractivity contribution in [2.45, 2.75) is 12.8 Å². The van der Waals surface area contributed by atoms with E-state index >= 15 is 0 Å². The van der Waals surface area contributed by atoms with Gasteiger partial charge in [0, 0.05) is 26.4 Å². The standard InChI is InChI=1S/C14H21N3O2/c1-17(2)14(18)13-9-12(5-8-16-13)19-10-11-3-6-15-7-4-11/h5,8-9,11,15H,3-4,6-7,10H2,1-2H3. The molecule has 104 valence electrons. The Morgan fingerprint density at radius 3 is 2.89 bits per heavy atom. The SMILES string of the molecule is CN(C)C(=O)c1cc(OCC2CCNCC2)ccn1. The van der Waals surface area contributed by atoms with Crippen molar-refractivity contribution >= 4 is 5.91 Å². The number of aromatic nitrogens is 1. The number of pyridine rings is 1. The predicted octanol–water partition coefficient (Wildman–Crippen LogP) is 1.16. The molecule has 0 unspecified atom stereocenters. The lowest BCUT2D eigenvalue weighted by molar-refractivity contribution is 0.0821. The summed E-state index contributed by atoms with van der Waals surface area (Å²) in [6.45, 7) is 2.84. The van der Waals surface area contributed by atoms with Gasteiger partial charge in [-0.25, -0.2) is 0 Å². The molecular formula is C14H21N3O2. The Hall–Kier alpha value is -1.62. The van der Waals surface area contributed by atoms with E-state index in [0.717, 1.165) is 31.7 Å². The molecular weight excluding hydrogens is 242 g/mol. The number of carbonyl (C=O) groups is 1. The lowest BCUT2D eigenvalue weighted by atomic mass is 9.99. The van der Waals surface area contributed by atoms with Gasteiger partial charge in [-0.3, -0.25) is 9.78 Å². The first-order valence-electron chi connectivity index (χ1n) is 6.68. The Morgan fingerprint density at radius 2 is 2.21 bits per heavy atom. The molecule has 1 saturated heterocycles. The number of rotatable bonds is 4. The third-order valence-corrected chi connectivity index (χ3v) is 3.30. The van der Waals surface area contributed by atoms with Crippen LogP contribution in [0.3, 0.4) is 0 Å². The summed E-state index contributed by atoms with van der Waals surface area (Å²) >= 11 is 0. The molecule has 0 aromatic carbocycles. The first-order valence-corrected chi connectivity index (χ1v) is 6.68. The van der Waals surface area contributed by atoms with Crippen LogP contribution in [0, 0.1) is 5.92 Å². The van der Waals surface area contributed by atoms with Gasteiger partial charge in [-0.2, -0.15) is 0 Å². The smallest absolute Gasteiger partial charge is 0.272 e. The van der Waals surface area contributed by atoms with Gasteiger partial charge < -0.3 is 15.0 Å². The van der Waals surface area contributed by atoms with Crippen LogP contribution in [-0.4, -0.2) is 49.6 Å². The molecule has 0 radical (unpaired) electrons. The molecule has 0 atom stereocenters. The van der Waals surface area contributed by atoms with E-state index in [9.17, 15) is 4.79 Å². The molecule has 0 aliphatic carbocycles. The molecule has 0 spiro atoms. The monoisotopic (exact) mass is 263 g/mol. The fraction of sp³-hybridized carbons (Fsp3) is 0.571. The second-order valence-electron chi connectivity index (χ2n) is 5.08. The summed E-state index contributed by atoms with van der Waals surface area (Å²) in [6, 6.07) is 3.51. The molecule has 2 rings (SSSR count). The summed E-state index contributed by atoms with van der Waals surface area (Å²) < 4.78 is 5.78. The Kier molecular flexibility index (Phi) is 4.74. The number of piperidine rings is 1. The zero-order chi connectivity index (χ0) is 13.7. The molecule has 1 N–H and O–H groups in total. The fourth-order valence-electron chi connectivity index (χ4n) is 2.11. The van der Waals surface area contributed by atoms with Crippen molar-refractivity contribution in [1.82, 2.24) is 15.2 Å². The highest BCUT2D eigenvalue weighted by Gasteiger charge is 2.14. The summed E-state index contributed by atoms with van der Waals surface area (Å²) in [4.78, 5) is 17.4. The van der Waals surface area contributed by atoms with Gasteiger partial charge in [-0.05, 0) is 37.9 Å². The first-order chi connectivity index (χ1) is 9.16. The zero-order valence-corrected chi connectivity index (χ0v) is 11.6. The normalized spacial score (nSPS) is 16.1. The van der Waals surface area contributed by atoms with Gasteiger partial charge in [0.25, 0.3) is 5.91 Å². The number of nitrogens with zero attached hydrogens (tertiary/aromatic N) is 2. The van der Waals surface area contributed by atoms with Gasteiger partial charge >= 0.3 is 0 Å². The molecule has 1 aromatic heterocycles. The van der Waals surface area contributed by atoms with E-state index in [1.807, 2.05) is 0 Å². The lowest BCUT2D eigenvalue weighted by Gasteiger charge is -2.22. The second-order valence-corrected chi connectivity index (χ2v) is 5.08. The molecule has 1 aliphatic heterocycles. The summed E-state index contributed by atoms with van der Waals surface area (Å²) in [5, 5.41) is 3.33. The van der Waals surface area contributed by atoms with Crippen LogP contribution in [0.1, 0.15) is 23.3 Å². The Morgan fingerprint density at radius 1 is 1.47 bits per heavy atom. The van der Waals surface area contributed by atoms with Gasteiger partial charge in [0.15, 0.2) is 0 Å². The largest absolute Gasteiger partial charge is 0.493 e. The van der Waals surface area contributed by atoms with Crippen LogP contribution >= 0.6 is 0 Å². The summed E-state index contributed by atoms with van der Waals surface area (Å²) in [5.74, 6) is 1.22. The molecule has 0 saturated carbocycles. The van der Waals surface area contributed by atoms with Crippen molar-refractivity contribution in [3.8, 4) is 5.75 Å². The predicted molar refractivity (Wildman–Crippen MR) is 73.3 cm³/mol. The number of amides is 1. The molecule has 1 fully saturated rings. The van der Waals surface area contributed by atoms with Crippen LogP contribution < -0.4 is 10.1 Å². The number of nitrogens with one attached hydrogen (secondary N) is 1. The van der Waals surface area contributed by atoms with E-state index < -0.39 is 0 Å². The lowest BCUT2D eigenvalue weighted by Crippen LogP contribution is -2.30. The number of ether oxygens (including phenoxy) is 1. The minimum atomic E-state index is -0.104. The highest BCUT2D eigenvalue weighted by molar-refractivity contribution is 5.92. The Bertz CT molecular complexity index is 428. The Labute approximate surface area is 114 Å². The molecule has 19 heavy (non-hydrogen) atoms.